The van der Waals surface area contributed by atoms with Crippen LogP contribution < -0.4 is 0 Å². The zero-order valence-electron chi connectivity index (χ0n) is 10.7. The molecule has 4 nitrogen and oxygen atoms in total. The van der Waals surface area contributed by atoms with E-state index >= 15 is 0 Å². The van der Waals surface area contributed by atoms with E-state index in [4.69, 9.17) is 16.0 Å². The Morgan fingerprint density at radius 1 is 1.05 bits per heavy atom. The van der Waals surface area contributed by atoms with E-state index in [0.717, 1.165) is 39.5 Å². The number of imidazole rings is 1. The van der Waals surface area contributed by atoms with Gasteiger partial charge in [-0.2, -0.15) is 0 Å². The van der Waals surface area contributed by atoms with Crippen molar-refractivity contribution in [1.29, 1.82) is 0 Å². The monoisotopic (exact) mass is 293 g/mol. The van der Waals surface area contributed by atoms with Gasteiger partial charge in [-0.15, -0.1) is 0 Å². The van der Waals surface area contributed by atoms with Gasteiger partial charge < -0.3 is 4.42 Å². The van der Waals surface area contributed by atoms with Gasteiger partial charge in [-0.3, -0.25) is 9.38 Å². The summed E-state index contributed by atoms with van der Waals surface area (Å²) < 4.78 is 7.45. The fourth-order valence-corrected chi connectivity index (χ4v) is 3.06. The van der Waals surface area contributed by atoms with Gasteiger partial charge in [0.1, 0.15) is 11.3 Å². The number of aromatic nitrogens is 3. The van der Waals surface area contributed by atoms with Crippen molar-refractivity contribution in [3.63, 3.8) is 0 Å². The van der Waals surface area contributed by atoms with E-state index < -0.39 is 0 Å². The zero-order valence-corrected chi connectivity index (χ0v) is 11.5. The number of fused-ring (bicyclic) bond motifs is 5. The van der Waals surface area contributed by atoms with Crippen LogP contribution in [0.2, 0.25) is 5.02 Å². The zero-order chi connectivity index (χ0) is 14.0. The third-order valence-corrected chi connectivity index (χ3v) is 4.07. The lowest BCUT2D eigenvalue weighted by Crippen LogP contribution is -2.01. The van der Waals surface area contributed by atoms with Gasteiger partial charge in [0.05, 0.1) is 23.2 Å². The summed E-state index contributed by atoms with van der Waals surface area (Å²) >= 11 is 6.11. The van der Waals surface area contributed by atoms with Gasteiger partial charge in [-0.05, 0) is 24.3 Å². The van der Waals surface area contributed by atoms with Crippen LogP contribution in [0, 0.1) is 0 Å². The molecule has 0 N–H and O–H groups in total. The molecule has 0 amide bonds. The minimum Gasteiger partial charge on any atom is -0.462 e. The average Bonchev–Trinajstić information content (AvgIpc) is 3.07. The maximum Gasteiger partial charge on any atom is 0.160 e. The van der Waals surface area contributed by atoms with Gasteiger partial charge in [0, 0.05) is 29.1 Å². The van der Waals surface area contributed by atoms with E-state index in [2.05, 4.69) is 9.97 Å². The molecule has 1 aliphatic carbocycles. The van der Waals surface area contributed by atoms with Crippen LogP contribution in [0.25, 0.3) is 39.5 Å². The van der Waals surface area contributed by atoms with Crippen molar-refractivity contribution in [1.82, 2.24) is 14.4 Å². The number of halogens is 1. The molecule has 0 aliphatic heterocycles. The number of hydrogen-bond donors (Lipinski definition) is 0. The summed E-state index contributed by atoms with van der Waals surface area (Å²) in [5, 5.41) is 0.679. The number of furan rings is 1. The Hall–Kier alpha value is -2.59. The van der Waals surface area contributed by atoms with Crippen LogP contribution in [0.4, 0.5) is 0 Å². The second-order valence-corrected chi connectivity index (χ2v) is 5.40. The summed E-state index contributed by atoms with van der Waals surface area (Å²) in [6.45, 7) is 0. The van der Waals surface area contributed by atoms with E-state index in [1.165, 1.54) is 0 Å². The lowest BCUT2D eigenvalue weighted by atomic mass is 9.87. The predicted molar refractivity (Wildman–Crippen MR) is 80.1 cm³/mol. The highest BCUT2D eigenvalue weighted by molar-refractivity contribution is 6.30. The summed E-state index contributed by atoms with van der Waals surface area (Å²) in [5.41, 5.74) is 6.07. The van der Waals surface area contributed by atoms with E-state index in [0.29, 0.717) is 5.02 Å². The summed E-state index contributed by atoms with van der Waals surface area (Å²) in [6, 6.07) is 7.72. The van der Waals surface area contributed by atoms with Gasteiger partial charge in [-0.1, -0.05) is 11.6 Å². The molecule has 0 saturated carbocycles. The lowest BCUT2D eigenvalue weighted by molar-refractivity contribution is 0.578. The SMILES string of the molecule is Clc1ccc2ncc(-c3ccnc4c3-c3ccoc3-4)n2c1. The predicted octanol–water partition coefficient (Wildman–Crippen LogP) is 4.29. The molecule has 0 atom stereocenters. The molecule has 4 heterocycles. The van der Waals surface area contributed by atoms with Crippen molar-refractivity contribution < 1.29 is 4.42 Å². The van der Waals surface area contributed by atoms with Crippen LogP contribution in [0.15, 0.2) is 53.5 Å². The molecule has 100 valence electrons. The molecule has 0 radical (unpaired) electrons. The van der Waals surface area contributed by atoms with Crippen molar-refractivity contribution >= 4 is 17.2 Å². The fraction of sp³-hybridized carbons (Fsp3) is 0. The highest BCUT2D eigenvalue weighted by Crippen LogP contribution is 2.50. The third-order valence-electron chi connectivity index (χ3n) is 3.85. The smallest absolute Gasteiger partial charge is 0.160 e. The molecule has 0 aromatic carbocycles. The van der Waals surface area contributed by atoms with Crippen LogP contribution in [0.1, 0.15) is 0 Å². The van der Waals surface area contributed by atoms with Crippen LogP contribution in [0.3, 0.4) is 0 Å². The molecule has 21 heavy (non-hydrogen) atoms. The van der Waals surface area contributed by atoms with Gasteiger partial charge in [0.2, 0.25) is 0 Å². The minimum atomic E-state index is 0.679. The van der Waals surface area contributed by atoms with E-state index in [1.807, 2.05) is 41.1 Å². The molecule has 0 spiro atoms. The molecular weight excluding hydrogens is 286 g/mol. The van der Waals surface area contributed by atoms with Crippen molar-refractivity contribution in [2.75, 3.05) is 0 Å². The van der Waals surface area contributed by atoms with Crippen molar-refractivity contribution in [2.24, 2.45) is 0 Å². The highest BCUT2D eigenvalue weighted by Gasteiger charge is 2.31. The number of rotatable bonds is 1. The first-order valence-electron chi connectivity index (χ1n) is 6.53. The first kappa shape index (κ1) is 11.1. The average molecular weight is 294 g/mol. The molecule has 4 aromatic heterocycles. The van der Waals surface area contributed by atoms with E-state index in [-0.39, 0.29) is 0 Å². The van der Waals surface area contributed by atoms with Gasteiger partial charge in [0.15, 0.2) is 5.76 Å². The number of hydrogen-bond acceptors (Lipinski definition) is 3. The van der Waals surface area contributed by atoms with Crippen LogP contribution in [-0.4, -0.2) is 14.4 Å². The van der Waals surface area contributed by atoms with Crippen molar-refractivity contribution in [3.8, 4) is 33.8 Å². The van der Waals surface area contributed by atoms with Gasteiger partial charge in [-0.25, -0.2) is 4.98 Å². The topological polar surface area (TPSA) is 43.3 Å². The molecule has 1 aliphatic rings. The first-order valence-corrected chi connectivity index (χ1v) is 6.91. The fourth-order valence-electron chi connectivity index (χ4n) is 2.90. The van der Waals surface area contributed by atoms with Gasteiger partial charge in [0.25, 0.3) is 0 Å². The molecule has 4 aromatic rings. The molecule has 0 fully saturated rings. The Morgan fingerprint density at radius 3 is 2.95 bits per heavy atom. The molecule has 5 heteroatoms. The van der Waals surface area contributed by atoms with Crippen LogP contribution in [-0.2, 0) is 0 Å². The Morgan fingerprint density at radius 2 is 2.00 bits per heavy atom. The number of nitrogens with zero attached hydrogens (tertiary/aromatic N) is 3. The summed E-state index contributed by atoms with van der Waals surface area (Å²) in [6.07, 6.45) is 7.23. The summed E-state index contributed by atoms with van der Waals surface area (Å²) in [4.78, 5) is 8.83. The van der Waals surface area contributed by atoms with E-state index in [1.54, 1.807) is 12.5 Å². The molecule has 5 rings (SSSR count). The Balaban J connectivity index is 1.82. The summed E-state index contributed by atoms with van der Waals surface area (Å²) in [5.74, 6) is 0.860. The van der Waals surface area contributed by atoms with Crippen molar-refractivity contribution in [3.05, 3.63) is 54.1 Å². The van der Waals surface area contributed by atoms with E-state index in [9.17, 15) is 0 Å². The second-order valence-electron chi connectivity index (χ2n) is 4.96. The highest BCUT2D eigenvalue weighted by atomic mass is 35.5. The summed E-state index contributed by atoms with van der Waals surface area (Å²) in [7, 11) is 0. The quantitative estimate of drug-likeness (QED) is 0.463. The largest absolute Gasteiger partial charge is 0.462 e. The van der Waals surface area contributed by atoms with Crippen molar-refractivity contribution in [2.45, 2.75) is 0 Å². The Bertz CT molecular complexity index is 1020. The molecule has 0 saturated heterocycles. The number of pyridine rings is 2. The second kappa shape index (κ2) is 3.74. The lowest BCUT2D eigenvalue weighted by Gasteiger charge is -2.20. The molecule has 0 bridgehead atoms. The Kier molecular flexibility index (Phi) is 1.98. The first-order chi connectivity index (χ1) is 10.3. The normalized spacial score (nSPS) is 12.0. The maximum atomic E-state index is 6.11. The maximum absolute atomic E-state index is 6.11. The molecular formula is C16H8ClN3O. The molecule has 0 unspecified atom stereocenters. The Labute approximate surface area is 124 Å². The minimum absolute atomic E-state index is 0.679. The van der Waals surface area contributed by atoms with Gasteiger partial charge >= 0.3 is 0 Å². The van der Waals surface area contributed by atoms with Crippen LogP contribution in [0.5, 0.6) is 0 Å². The standard InChI is InChI=1S/C16H8ClN3O/c17-9-1-2-13-19-7-12(20(13)8-9)10-3-5-18-15-14(10)11-4-6-21-16(11)15/h1-8H. The third kappa shape index (κ3) is 1.35. The van der Waals surface area contributed by atoms with Crippen LogP contribution >= 0.6 is 11.6 Å².